The molecular formula is C15H23NO2. The van der Waals surface area contributed by atoms with Crippen LogP contribution in [0.15, 0.2) is 24.3 Å². The van der Waals surface area contributed by atoms with Gasteiger partial charge in [0.15, 0.2) is 11.5 Å². The van der Waals surface area contributed by atoms with Crippen molar-refractivity contribution >= 4 is 0 Å². The van der Waals surface area contributed by atoms with E-state index in [9.17, 15) is 0 Å². The summed E-state index contributed by atoms with van der Waals surface area (Å²) >= 11 is 0. The van der Waals surface area contributed by atoms with E-state index in [1.54, 1.807) is 7.11 Å². The van der Waals surface area contributed by atoms with Crippen LogP contribution in [-0.4, -0.2) is 19.3 Å². The van der Waals surface area contributed by atoms with Gasteiger partial charge in [0.05, 0.1) is 13.7 Å². The molecule has 0 aliphatic heterocycles. The number of hydrogen-bond donors (Lipinski definition) is 1. The summed E-state index contributed by atoms with van der Waals surface area (Å²) in [7, 11) is 1.66. The molecule has 1 aromatic rings. The Hall–Kier alpha value is -1.22. The van der Waals surface area contributed by atoms with Crippen molar-refractivity contribution in [2.75, 3.05) is 13.7 Å². The van der Waals surface area contributed by atoms with Crippen LogP contribution in [0.1, 0.15) is 38.5 Å². The third-order valence-electron chi connectivity index (χ3n) is 3.78. The van der Waals surface area contributed by atoms with Crippen molar-refractivity contribution in [3.8, 4) is 11.5 Å². The zero-order valence-corrected chi connectivity index (χ0v) is 11.2. The monoisotopic (exact) mass is 249 g/mol. The fourth-order valence-electron chi connectivity index (χ4n) is 2.61. The van der Waals surface area contributed by atoms with Gasteiger partial charge in [0, 0.05) is 5.54 Å². The van der Waals surface area contributed by atoms with E-state index in [0.717, 1.165) is 30.8 Å². The quantitative estimate of drug-likeness (QED) is 0.872. The highest BCUT2D eigenvalue weighted by molar-refractivity contribution is 5.39. The maximum Gasteiger partial charge on any atom is 0.161 e. The fourth-order valence-corrected chi connectivity index (χ4v) is 2.61. The van der Waals surface area contributed by atoms with Gasteiger partial charge >= 0.3 is 0 Å². The van der Waals surface area contributed by atoms with Gasteiger partial charge in [-0.15, -0.1) is 0 Å². The number of nitrogens with two attached hydrogens (primary N) is 1. The van der Waals surface area contributed by atoms with Crippen molar-refractivity contribution in [1.29, 1.82) is 0 Å². The molecule has 0 radical (unpaired) electrons. The first-order valence-electron chi connectivity index (χ1n) is 6.78. The lowest BCUT2D eigenvalue weighted by Gasteiger charge is -2.33. The van der Waals surface area contributed by atoms with Crippen molar-refractivity contribution in [2.24, 2.45) is 5.73 Å². The van der Waals surface area contributed by atoms with Gasteiger partial charge in [-0.2, -0.15) is 0 Å². The molecular weight excluding hydrogens is 226 g/mol. The van der Waals surface area contributed by atoms with Crippen LogP contribution in [0, 0.1) is 0 Å². The van der Waals surface area contributed by atoms with Gasteiger partial charge in [-0.05, 0) is 31.4 Å². The Kier molecular flexibility index (Phi) is 4.48. The highest BCUT2D eigenvalue weighted by atomic mass is 16.5. The van der Waals surface area contributed by atoms with Gasteiger partial charge < -0.3 is 15.2 Å². The van der Waals surface area contributed by atoms with Crippen molar-refractivity contribution in [1.82, 2.24) is 0 Å². The Morgan fingerprint density at radius 3 is 2.44 bits per heavy atom. The van der Waals surface area contributed by atoms with Gasteiger partial charge in [0.1, 0.15) is 0 Å². The SMILES string of the molecule is COc1ccccc1OCCC1(N)CCCCC1. The normalized spacial score (nSPS) is 18.3. The summed E-state index contributed by atoms with van der Waals surface area (Å²) in [5.74, 6) is 1.59. The molecule has 1 aliphatic rings. The minimum absolute atomic E-state index is 0.0136. The van der Waals surface area contributed by atoms with Crippen LogP contribution in [0.4, 0.5) is 0 Å². The molecule has 0 heterocycles. The molecule has 3 heteroatoms. The van der Waals surface area contributed by atoms with Crippen LogP contribution in [0.25, 0.3) is 0 Å². The summed E-state index contributed by atoms with van der Waals surface area (Å²) in [5.41, 5.74) is 6.37. The van der Waals surface area contributed by atoms with Crippen LogP contribution in [-0.2, 0) is 0 Å². The molecule has 0 bridgehead atoms. The zero-order valence-electron chi connectivity index (χ0n) is 11.2. The Bertz CT molecular complexity index is 373. The van der Waals surface area contributed by atoms with Gasteiger partial charge in [-0.3, -0.25) is 0 Å². The van der Waals surface area contributed by atoms with Gasteiger partial charge in [0.25, 0.3) is 0 Å². The van der Waals surface area contributed by atoms with Crippen LogP contribution in [0.3, 0.4) is 0 Å². The molecule has 18 heavy (non-hydrogen) atoms. The second-order valence-electron chi connectivity index (χ2n) is 5.17. The van der Waals surface area contributed by atoms with Gasteiger partial charge in [0.2, 0.25) is 0 Å². The van der Waals surface area contributed by atoms with E-state index in [1.165, 1.54) is 19.3 Å². The predicted molar refractivity (Wildman–Crippen MR) is 73.1 cm³/mol. The Balaban J connectivity index is 1.84. The zero-order chi connectivity index (χ0) is 12.8. The molecule has 1 aliphatic carbocycles. The van der Waals surface area contributed by atoms with E-state index in [4.69, 9.17) is 15.2 Å². The molecule has 2 N–H and O–H groups in total. The molecule has 0 spiro atoms. The number of benzene rings is 1. The van der Waals surface area contributed by atoms with Crippen LogP contribution in [0.2, 0.25) is 0 Å². The average Bonchev–Trinajstić information content (AvgIpc) is 2.40. The Labute approximate surface area is 109 Å². The van der Waals surface area contributed by atoms with E-state index < -0.39 is 0 Å². The van der Waals surface area contributed by atoms with Crippen molar-refractivity contribution in [3.63, 3.8) is 0 Å². The van der Waals surface area contributed by atoms with E-state index in [0.29, 0.717) is 6.61 Å². The minimum atomic E-state index is -0.0136. The molecule has 2 rings (SSSR count). The van der Waals surface area contributed by atoms with E-state index in [-0.39, 0.29) is 5.54 Å². The first kappa shape index (κ1) is 13.2. The Morgan fingerprint density at radius 1 is 1.11 bits per heavy atom. The third kappa shape index (κ3) is 3.39. The first-order valence-corrected chi connectivity index (χ1v) is 6.78. The molecule has 1 fully saturated rings. The highest BCUT2D eigenvalue weighted by Crippen LogP contribution is 2.30. The molecule has 100 valence electrons. The maximum absolute atomic E-state index is 6.38. The lowest BCUT2D eigenvalue weighted by molar-refractivity contribution is 0.209. The molecule has 0 amide bonds. The maximum atomic E-state index is 6.38. The summed E-state index contributed by atoms with van der Waals surface area (Å²) in [5, 5.41) is 0. The lowest BCUT2D eigenvalue weighted by Crippen LogP contribution is -2.42. The highest BCUT2D eigenvalue weighted by Gasteiger charge is 2.27. The summed E-state index contributed by atoms with van der Waals surface area (Å²) < 4.78 is 11.0. The third-order valence-corrected chi connectivity index (χ3v) is 3.78. The van der Waals surface area contributed by atoms with Crippen molar-refractivity contribution in [2.45, 2.75) is 44.1 Å². The summed E-state index contributed by atoms with van der Waals surface area (Å²) in [6.45, 7) is 0.664. The van der Waals surface area contributed by atoms with Crippen LogP contribution in [0.5, 0.6) is 11.5 Å². The molecule has 0 unspecified atom stereocenters. The molecule has 0 aromatic heterocycles. The summed E-state index contributed by atoms with van der Waals surface area (Å²) in [6, 6.07) is 7.74. The van der Waals surface area contributed by atoms with E-state index in [2.05, 4.69) is 0 Å². The van der Waals surface area contributed by atoms with Gasteiger partial charge in [-0.25, -0.2) is 0 Å². The van der Waals surface area contributed by atoms with Crippen LogP contribution >= 0.6 is 0 Å². The standard InChI is InChI=1S/C15H23NO2/c1-17-13-7-3-4-8-14(13)18-12-11-15(16)9-5-2-6-10-15/h3-4,7-8H,2,5-6,9-12,16H2,1H3. The lowest BCUT2D eigenvalue weighted by atomic mass is 9.80. The van der Waals surface area contributed by atoms with Gasteiger partial charge in [-0.1, -0.05) is 31.4 Å². The topological polar surface area (TPSA) is 44.5 Å². The van der Waals surface area contributed by atoms with Crippen molar-refractivity contribution in [3.05, 3.63) is 24.3 Å². The summed E-state index contributed by atoms with van der Waals surface area (Å²) in [6.07, 6.45) is 7.01. The first-order chi connectivity index (χ1) is 8.73. The largest absolute Gasteiger partial charge is 0.493 e. The second kappa shape index (κ2) is 6.10. The fraction of sp³-hybridized carbons (Fsp3) is 0.600. The number of hydrogen-bond acceptors (Lipinski definition) is 3. The van der Waals surface area contributed by atoms with Crippen molar-refractivity contribution < 1.29 is 9.47 Å². The molecule has 3 nitrogen and oxygen atoms in total. The van der Waals surface area contributed by atoms with Crippen LogP contribution < -0.4 is 15.2 Å². The molecule has 1 saturated carbocycles. The molecule has 1 aromatic carbocycles. The molecule has 0 atom stereocenters. The summed E-state index contributed by atoms with van der Waals surface area (Å²) in [4.78, 5) is 0. The number of para-hydroxylation sites is 2. The van der Waals surface area contributed by atoms with E-state index in [1.807, 2.05) is 24.3 Å². The minimum Gasteiger partial charge on any atom is -0.493 e. The van der Waals surface area contributed by atoms with E-state index >= 15 is 0 Å². The average molecular weight is 249 g/mol. The smallest absolute Gasteiger partial charge is 0.161 e. The molecule has 0 saturated heterocycles. The predicted octanol–water partition coefficient (Wildman–Crippen LogP) is 3.13. The Morgan fingerprint density at radius 2 is 1.78 bits per heavy atom. The second-order valence-corrected chi connectivity index (χ2v) is 5.17. The number of rotatable bonds is 5. The number of methoxy groups -OCH3 is 1. The number of ether oxygens (including phenoxy) is 2.